The first kappa shape index (κ1) is 17.6. The number of aromatic amines is 1. The Morgan fingerprint density at radius 1 is 1.30 bits per heavy atom. The fourth-order valence-electron chi connectivity index (χ4n) is 1.76. The maximum absolute atomic E-state index is 11.4. The average Bonchev–Trinajstić information content (AvgIpc) is 2.43. The van der Waals surface area contributed by atoms with E-state index in [4.69, 9.17) is 0 Å². The zero-order valence-corrected chi connectivity index (χ0v) is 15.9. The van der Waals surface area contributed by atoms with Crippen LogP contribution in [0.2, 0.25) is 0 Å². The number of nitrogens with zero attached hydrogens (tertiary/aromatic N) is 3. The van der Waals surface area contributed by atoms with Crippen LogP contribution < -0.4 is 11.1 Å². The molecule has 0 atom stereocenters. The van der Waals surface area contributed by atoms with E-state index in [1.54, 1.807) is 18.3 Å². The molecule has 0 bridgehead atoms. The molecule has 3 N–H and O–H groups in total. The minimum atomic E-state index is -0.550. The molecule has 0 radical (unpaired) electrons. The van der Waals surface area contributed by atoms with Crippen molar-refractivity contribution in [3.8, 4) is 5.75 Å². The molecule has 1 aromatic heterocycles. The number of hydrazone groups is 1. The highest BCUT2D eigenvalue weighted by Gasteiger charge is 2.21. The van der Waals surface area contributed by atoms with E-state index in [1.807, 2.05) is 20.8 Å². The number of rotatable bonds is 3. The highest BCUT2D eigenvalue weighted by Crippen LogP contribution is 2.32. The third kappa shape index (κ3) is 4.38. The molecule has 0 aliphatic carbocycles. The molecule has 7 nitrogen and oxygen atoms in total. The highest BCUT2D eigenvalue weighted by atomic mass is 79.9. The molecule has 2 rings (SSSR count). The van der Waals surface area contributed by atoms with E-state index >= 15 is 0 Å². The van der Waals surface area contributed by atoms with Gasteiger partial charge in [0.15, 0.2) is 5.82 Å². The van der Waals surface area contributed by atoms with Crippen molar-refractivity contribution >= 4 is 43.9 Å². The average molecular weight is 445 g/mol. The summed E-state index contributed by atoms with van der Waals surface area (Å²) in [6.45, 7) is 5.87. The monoisotopic (exact) mass is 443 g/mol. The first-order chi connectivity index (χ1) is 10.7. The molecular weight excluding hydrogens is 430 g/mol. The van der Waals surface area contributed by atoms with Crippen LogP contribution in [0.4, 0.5) is 5.82 Å². The molecule has 0 spiro atoms. The fourth-order valence-corrected chi connectivity index (χ4v) is 2.99. The van der Waals surface area contributed by atoms with Gasteiger partial charge in [-0.2, -0.15) is 15.2 Å². The Morgan fingerprint density at radius 3 is 2.48 bits per heavy atom. The largest absolute Gasteiger partial charge is 0.506 e. The fraction of sp³-hybridized carbons (Fsp3) is 0.286. The molecule has 122 valence electrons. The third-order valence-electron chi connectivity index (χ3n) is 2.83. The number of H-pyrrole nitrogens is 1. The van der Waals surface area contributed by atoms with Gasteiger partial charge in [-0.05, 0) is 49.6 Å². The van der Waals surface area contributed by atoms with Crippen molar-refractivity contribution in [2.45, 2.75) is 26.2 Å². The summed E-state index contributed by atoms with van der Waals surface area (Å²) in [5, 5.41) is 20.1. The van der Waals surface area contributed by atoms with Gasteiger partial charge in [0.1, 0.15) is 11.4 Å². The zero-order chi connectivity index (χ0) is 17.2. The predicted molar refractivity (Wildman–Crippen MR) is 96.1 cm³/mol. The topological polar surface area (TPSA) is 103 Å². The maximum Gasteiger partial charge on any atom is 0.363 e. The lowest BCUT2D eigenvalue weighted by Crippen LogP contribution is -2.24. The van der Waals surface area contributed by atoms with E-state index in [0.29, 0.717) is 20.5 Å². The minimum absolute atomic E-state index is 0.116. The molecule has 0 fully saturated rings. The van der Waals surface area contributed by atoms with Gasteiger partial charge in [-0.25, -0.2) is 9.89 Å². The maximum atomic E-state index is 11.4. The molecule has 23 heavy (non-hydrogen) atoms. The number of nitrogens with one attached hydrogen (secondary N) is 2. The van der Waals surface area contributed by atoms with Gasteiger partial charge in [0.25, 0.3) is 0 Å². The molecule has 2 aromatic rings. The van der Waals surface area contributed by atoms with Gasteiger partial charge in [0, 0.05) is 5.41 Å². The molecule has 0 unspecified atom stereocenters. The standard InChI is InChI=1S/C14H15Br2N5O2/c1-14(2,3)11-12(18-13(23)21-19-11)20-17-6-7-4-8(15)10(22)9(16)5-7/h4-6,22H,1-3H3,(H2,18,20,21,23)/b17-6+. The number of aromatic nitrogens is 3. The Labute approximate surface area is 149 Å². The minimum Gasteiger partial charge on any atom is -0.506 e. The van der Waals surface area contributed by atoms with Crippen molar-refractivity contribution in [3.63, 3.8) is 0 Å². The van der Waals surface area contributed by atoms with Gasteiger partial charge in [-0.3, -0.25) is 5.43 Å². The molecule has 9 heteroatoms. The van der Waals surface area contributed by atoms with E-state index in [2.05, 4.69) is 57.6 Å². The Balaban J connectivity index is 2.27. The van der Waals surface area contributed by atoms with Crippen LogP contribution >= 0.6 is 31.9 Å². The van der Waals surface area contributed by atoms with E-state index < -0.39 is 5.69 Å². The smallest absolute Gasteiger partial charge is 0.363 e. The van der Waals surface area contributed by atoms with Crippen LogP contribution in [0.15, 0.2) is 31.0 Å². The lowest BCUT2D eigenvalue weighted by Gasteiger charge is -2.18. The van der Waals surface area contributed by atoms with Crippen molar-refractivity contribution in [1.29, 1.82) is 0 Å². The molecule has 1 aromatic carbocycles. The Bertz CT molecular complexity index is 789. The highest BCUT2D eigenvalue weighted by molar-refractivity contribution is 9.11. The SMILES string of the molecule is CC(C)(C)c1n[nH]c(=O)nc1N/N=C/c1cc(Br)c(O)c(Br)c1. The molecular formula is C14H15Br2N5O2. The summed E-state index contributed by atoms with van der Waals surface area (Å²) in [6, 6.07) is 3.42. The van der Waals surface area contributed by atoms with Gasteiger partial charge in [-0.1, -0.05) is 20.8 Å². The Hall–Kier alpha value is -1.74. The third-order valence-corrected chi connectivity index (χ3v) is 4.04. The quantitative estimate of drug-likeness (QED) is 0.498. The van der Waals surface area contributed by atoms with E-state index in [0.717, 1.165) is 5.56 Å². The lowest BCUT2D eigenvalue weighted by atomic mass is 9.92. The van der Waals surface area contributed by atoms with E-state index in [1.165, 1.54) is 0 Å². The predicted octanol–water partition coefficient (Wildman–Crippen LogP) is 3.14. The number of hydrogen-bond donors (Lipinski definition) is 3. The summed E-state index contributed by atoms with van der Waals surface area (Å²) < 4.78 is 1.08. The zero-order valence-electron chi connectivity index (χ0n) is 12.7. The molecule has 0 saturated heterocycles. The second-order valence-corrected chi connectivity index (χ2v) is 7.50. The van der Waals surface area contributed by atoms with Crippen molar-refractivity contribution in [1.82, 2.24) is 15.2 Å². The molecule has 1 heterocycles. The second-order valence-electron chi connectivity index (χ2n) is 5.79. The Morgan fingerprint density at radius 2 is 1.91 bits per heavy atom. The van der Waals surface area contributed by atoms with Crippen LogP contribution in [0.25, 0.3) is 0 Å². The normalized spacial score (nSPS) is 11.9. The van der Waals surface area contributed by atoms with Gasteiger partial charge in [0.2, 0.25) is 0 Å². The molecule has 0 amide bonds. The van der Waals surface area contributed by atoms with Gasteiger partial charge in [-0.15, -0.1) is 0 Å². The molecule has 0 saturated carbocycles. The van der Waals surface area contributed by atoms with Crippen LogP contribution in [-0.4, -0.2) is 26.5 Å². The molecule has 0 aliphatic rings. The van der Waals surface area contributed by atoms with Crippen LogP contribution in [0.5, 0.6) is 5.75 Å². The van der Waals surface area contributed by atoms with E-state index in [-0.39, 0.29) is 11.2 Å². The number of anilines is 1. The first-order valence-corrected chi connectivity index (χ1v) is 8.21. The second kappa shape index (κ2) is 6.79. The number of halogens is 2. The van der Waals surface area contributed by atoms with Gasteiger partial charge < -0.3 is 5.11 Å². The number of benzene rings is 1. The van der Waals surface area contributed by atoms with Crippen LogP contribution in [0.3, 0.4) is 0 Å². The van der Waals surface area contributed by atoms with Gasteiger partial charge >= 0.3 is 5.69 Å². The van der Waals surface area contributed by atoms with Crippen LogP contribution in [0, 0.1) is 0 Å². The van der Waals surface area contributed by atoms with E-state index in [9.17, 15) is 9.90 Å². The van der Waals surface area contributed by atoms with Crippen molar-refractivity contribution in [3.05, 3.63) is 42.8 Å². The van der Waals surface area contributed by atoms with Gasteiger partial charge in [0.05, 0.1) is 15.2 Å². The lowest BCUT2D eigenvalue weighted by molar-refractivity contribution is 0.468. The first-order valence-electron chi connectivity index (χ1n) is 6.63. The summed E-state index contributed by atoms with van der Waals surface area (Å²) in [7, 11) is 0. The summed E-state index contributed by atoms with van der Waals surface area (Å²) in [4.78, 5) is 15.2. The number of aromatic hydroxyl groups is 1. The summed E-state index contributed by atoms with van der Waals surface area (Å²) >= 11 is 6.50. The summed E-state index contributed by atoms with van der Waals surface area (Å²) in [5.41, 5.74) is 3.23. The van der Waals surface area contributed by atoms with Crippen molar-refractivity contribution < 1.29 is 5.11 Å². The summed E-state index contributed by atoms with van der Waals surface area (Å²) in [6.07, 6.45) is 1.55. The summed E-state index contributed by atoms with van der Waals surface area (Å²) in [5.74, 6) is 0.417. The molecule has 0 aliphatic heterocycles. The number of phenols is 1. The van der Waals surface area contributed by atoms with Crippen LogP contribution in [0.1, 0.15) is 32.0 Å². The van der Waals surface area contributed by atoms with Crippen molar-refractivity contribution in [2.24, 2.45) is 5.10 Å². The number of hydrogen-bond acceptors (Lipinski definition) is 6. The Kier molecular flexibility index (Phi) is 5.20. The van der Waals surface area contributed by atoms with Crippen molar-refractivity contribution in [2.75, 3.05) is 5.43 Å². The van der Waals surface area contributed by atoms with Crippen LogP contribution in [-0.2, 0) is 5.41 Å². The number of phenolic OH excluding ortho intramolecular Hbond substituents is 1.